The van der Waals surface area contributed by atoms with Gasteiger partial charge in [-0.1, -0.05) is 0 Å². The first kappa shape index (κ1) is 7.09. The Morgan fingerprint density at radius 2 is 2.33 bits per heavy atom. The predicted octanol–water partition coefficient (Wildman–Crippen LogP) is 0.570. The molecule has 0 spiro atoms. The summed E-state index contributed by atoms with van der Waals surface area (Å²) in [6.45, 7) is 1.89. The van der Waals surface area contributed by atoms with Crippen LogP contribution in [0.4, 0.5) is 0 Å². The Labute approximate surface area is 68.9 Å². The zero-order valence-electron chi connectivity index (χ0n) is 6.96. The van der Waals surface area contributed by atoms with Gasteiger partial charge in [-0.2, -0.15) is 0 Å². The summed E-state index contributed by atoms with van der Waals surface area (Å²) >= 11 is 0. The van der Waals surface area contributed by atoms with E-state index >= 15 is 0 Å². The standard InChI is InChI=1S/C8H9N3O/c1-5-3-9-7-6(5)8(12)11(2)4-10-7/h3-4,9H,1-2H3. The van der Waals surface area contributed by atoms with Gasteiger partial charge in [0.05, 0.1) is 11.7 Å². The molecule has 4 heteroatoms. The average Bonchev–Trinajstić information content (AvgIpc) is 2.41. The van der Waals surface area contributed by atoms with Gasteiger partial charge in [-0.3, -0.25) is 4.79 Å². The summed E-state index contributed by atoms with van der Waals surface area (Å²) < 4.78 is 1.48. The number of H-pyrrole nitrogens is 1. The van der Waals surface area contributed by atoms with E-state index in [-0.39, 0.29) is 5.56 Å². The van der Waals surface area contributed by atoms with Crippen LogP contribution in [0.15, 0.2) is 17.3 Å². The minimum Gasteiger partial charge on any atom is -0.346 e. The quantitative estimate of drug-likeness (QED) is 0.617. The molecule has 0 aliphatic carbocycles. The highest BCUT2D eigenvalue weighted by Crippen LogP contribution is 2.08. The monoisotopic (exact) mass is 163 g/mol. The lowest BCUT2D eigenvalue weighted by Gasteiger charge is -1.95. The number of hydrogen-bond donors (Lipinski definition) is 1. The normalized spacial score (nSPS) is 10.8. The summed E-state index contributed by atoms with van der Waals surface area (Å²) in [7, 11) is 1.70. The summed E-state index contributed by atoms with van der Waals surface area (Å²) in [6.07, 6.45) is 3.31. The van der Waals surface area contributed by atoms with Gasteiger partial charge in [-0.05, 0) is 12.5 Å². The van der Waals surface area contributed by atoms with Crippen LogP contribution in [0, 0.1) is 6.92 Å². The molecule has 2 aromatic rings. The van der Waals surface area contributed by atoms with Gasteiger partial charge in [-0.15, -0.1) is 0 Å². The fourth-order valence-electron chi connectivity index (χ4n) is 1.25. The molecule has 0 radical (unpaired) electrons. The van der Waals surface area contributed by atoms with Crippen LogP contribution in [-0.2, 0) is 7.05 Å². The van der Waals surface area contributed by atoms with Crippen LogP contribution in [0.2, 0.25) is 0 Å². The van der Waals surface area contributed by atoms with Crippen molar-refractivity contribution in [2.75, 3.05) is 0 Å². The molecule has 2 rings (SSSR count). The van der Waals surface area contributed by atoms with E-state index in [9.17, 15) is 4.79 Å². The molecule has 0 aliphatic rings. The number of rotatable bonds is 0. The second-order valence-electron chi connectivity index (χ2n) is 2.86. The highest BCUT2D eigenvalue weighted by atomic mass is 16.1. The van der Waals surface area contributed by atoms with E-state index in [1.807, 2.05) is 6.92 Å². The van der Waals surface area contributed by atoms with Gasteiger partial charge in [0.1, 0.15) is 5.65 Å². The minimum absolute atomic E-state index is 0.00116. The third-order valence-electron chi connectivity index (χ3n) is 1.95. The molecule has 12 heavy (non-hydrogen) atoms. The van der Waals surface area contributed by atoms with Crippen molar-refractivity contribution in [3.05, 3.63) is 28.4 Å². The van der Waals surface area contributed by atoms with Crippen LogP contribution < -0.4 is 5.56 Å². The first-order chi connectivity index (χ1) is 5.70. The van der Waals surface area contributed by atoms with Gasteiger partial charge in [0, 0.05) is 13.2 Å². The molecule has 1 N–H and O–H groups in total. The van der Waals surface area contributed by atoms with E-state index in [0.29, 0.717) is 11.0 Å². The third-order valence-corrected chi connectivity index (χ3v) is 1.95. The summed E-state index contributed by atoms with van der Waals surface area (Å²) in [5.74, 6) is 0. The highest BCUT2D eigenvalue weighted by Gasteiger charge is 2.05. The fraction of sp³-hybridized carbons (Fsp3) is 0.250. The lowest BCUT2D eigenvalue weighted by atomic mass is 10.3. The maximum Gasteiger partial charge on any atom is 0.262 e. The lowest BCUT2D eigenvalue weighted by molar-refractivity contribution is 0.841. The van der Waals surface area contributed by atoms with E-state index in [1.54, 1.807) is 13.2 Å². The molecule has 4 nitrogen and oxygen atoms in total. The molecule has 0 aromatic carbocycles. The zero-order chi connectivity index (χ0) is 8.72. The maximum atomic E-state index is 11.5. The fourth-order valence-corrected chi connectivity index (χ4v) is 1.25. The maximum absolute atomic E-state index is 11.5. The van der Waals surface area contributed by atoms with Gasteiger partial charge >= 0.3 is 0 Å². The molecule has 0 saturated heterocycles. The number of nitrogens with one attached hydrogen (secondary N) is 1. The summed E-state index contributed by atoms with van der Waals surface area (Å²) in [5.41, 5.74) is 1.60. The molecule has 62 valence electrons. The summed E-state index contributed by atoms with van der Waals surface area (Å²) in [6, 6.07) is 0. The Bertz CT molecular complexity index is 480. The number of aromatic amines is 1. The van der Waals surface area contributed by atoms with Crippen molar-refractivity contribution in [3.8, 4) is 0 Å². The van der Waals surface area contributed by atoms with Gasteiger partial charge < -0.3 is 9.55 Å². The van der Waals surface area contributed by atoms with Crippen LogP contribution >= 0.6 is 0 Å². The van der Waals surface area contributed by atoms with Gasteiger partial charge in [0.2, 0.25) is 0 Å². The Morgan fingerprint density at radius 3 is 3.08 bits per heavy atom. The molecule has 0 amide bonds. The van der Waals surface area contributed by atoms with Crippen molar-refractivity contribution in [2.24, 2.45) is 7.05 Å². The summed E-state index contributed by atoms with van der Waals surface area (Å²) in [4.78, 5) is 18.5. The molecule has 2 heterocycles. The topological polar surface area (TPSA) is 50.7 Å². The van der Waals surface area contributed by atoms with Crippen molar-refractivity contribution in [2.45, 2.75) is 6.92 Å². The van der Waals surface area contributed by atoms with Crippen LogP contribution in [-0.4, -0.2) is 14.5 Å². The third kappa shape index (κ3) is 0.777. The van der Waals surface area contributed by atoms with Gasteiger partial charge in [-0.25, -0.2) is 4.98 Å². The smallest absolute Gasteiger partial charge is 0.262 e. The van der Waals surface area contributed by atoms with Gasteiger partial charge in [0.25, 0.3) is 5.56 Å². The number of nitrogens with zero attached hydrogens (tertiary/aromatic N) is 2. The van der Waals surface area contributed by atoms with Crippen LogP contribution in [0.25, 0.3) is 11.0 Å². The molecule has 0 fully saturated rings. The molecular formula is C8H9N3O. The minimum atomic E-state index is -0.00116. The molecular weight excluding hydrogens is 154 g/mol. The largest absolute Gasteiger partial charge is 0.346 e. The molecule has 2 aromatic heterocycles. The van der Waals surface area contributed by atoms with Crippen LogP contribution in [0.5, 0.6) is 0 Å². The van der Waals surface area contributed by atoms with Crippen LogP contribution in [0.1, 0.15) is 5.56 Å². The van der Waals surface area contributed by atoms with E-state index < -0.39 is 0 Å². The zero-order valence-corrected chi connectivity index (χ0v) is 6.96. The first-order valence-corrected chi connectivity index (χ1v) is 3.69. The number of fused-ring (bicyclic) bond motifs is 1. The molecule has 0 aliphatic heterocycles. The van der Waals surface area contributed by atoms with E-state index in [2.05, 4.69) is 9.97 Å². The van der Waals surface area contributed by atoms with Gasteiger partial charge in [0.15, 0.2) is 0 Å². The first-order valence-electron chi connectivity index (χ1n) is 3.69. The van der Waals surface area contributed by atoms with Crippen molar-refractivity contribution in [1.82, 2.24) is 14.5 Å². The molecule has 0 unspecified atom stereocenters. The average molecular weight is 163 g/mol. The summed E-state index contributed by atoms with van der Waals surface area (Å²) in [5, 5.41) is 0.681. The number of aryl methyl sites for hydroxylation is 2. The van der Waals surface area contributed by atoms with Crippen molar-refractivity contribution < 1.29 is 0 Å². The lowest BCUT2D eigenvalue weighted by Crippen LogP contribution is -2.16. The van der Waals surface area contributed by atoms with Crippen molar-refractivity contribution >= 4 is 11.0 Å². The Balaban J connectivity index is 3.06. The van der Waals surface area contributed by atoms with Crippen LogP contribution in [0.3, 0.4) is 0 Å². The Hall–Kier alpha value is -1.58. The number of aromatic nitrogens is 3. The SMILES string of the molecule is Cc1c[nH]c2ncn(C)c(=O)c12. The Morgan fingerprint density at radius 1 is 1.58 bits per heavy atom. The van der Waals surface area contributed by atoms with E-state index in [0.717, 1.165) is 5.56 Å². The predicted molar refractivity (Wildman–Crippen MR) is 46.1 cm³/mol. The second kappa shape index (κ2) is 2.20. The van der Waals surface area contributed by atoms with E-state index in [4.69, 9.17) is 0 Å². The van der Waals surface area contributed by atoms with E-state index in [1.165, 1.54) is 10.9 Å². The molecule has 0 saturated carbocycles. The Kier molecular flexibility index (Phi) is 1.30. The molecule has 0 atom stereocenters. The highest BCUT2D eigenvalue weighted by molar-refractivity contribution is 5.77. The molecule has 0 bridgehead atoms. The number of hydrogen-bond acceptors (Lipinski definition) is 2. The van der Waals surface area contributed by atoms with Crippen molar-refractivity contribution in [3.63, 3.8) is 0 Å². The van der Waals surface area contributed by atoms with Crippen molar-refractivity contribution in [1.29, 1.82) is 0 Å². The second-order valence-corrected chi connectivity index (χ2v) is 2.86.